The molecule has 3 aromatic carbocycles. The number of ketones is 2. The van der Waals surface area contributed by atoms with Crippen LogP contribution in [0.25, 0.3) is 16.8 Å². The maximum Gasteiger partial charge on any atom is 0.174 e. The Bertz CT molecular complexity index is 937. The number of hydrogen-bond acceptors (Lipinski definition) is 3. The molecular weight excluding hydrogens is 300 g/mol. The number of aromatic hydroxyl groups is 1. The molecule has 0 spiro atoms. The van der Waals surface area contributed by atoms with E-state index < -0.39 is 0 Å². The fourth-order valence-electron chi connectivity index (χ4n) is 2.69. The molecule has 0 saturated carbocycles. The molecule has 0 fully saturated rings. The van der Waals surface area contributed by atoms with Gasteiger partial charge in [-0.3, -0.25) is 9.59 Å². The molecule has 118 valence electrons. The number of phenolic OH excluding ortho intramolecular Hbond substituents is 1. The first kappa shape index (κ1) is 15.7. The molecular formula is C21H16O3. The third kappa shape index (κ3) is 2.97. The Labute approximate surface area is 139 Å². The third-order valence-electron chi connectivity index (χ3n) is 3.98. The summed E-state index contributed by atoms with van der Waals surface area (Å²) in [6, 6.07) is 17.4. The van der Waals surface area contributed by atoms with E-state index in [9.17, 15) is 14.7 Å². The van der Waals surface area contributed by atoms with Gasteiger partial charge < -0.3 is 5.11 Å². The van der Waals surface area contributed by atoms with Gasteiger partial charge in [0.05, 0.1) is 12.0 Å². The monoisotopic (exact) mass is 316 g/mol. The molecule has 1 N–H and O–H groups in total. The Morgan fingerprint density at radius 3 is 2.33 bits per heavy atom. The Balaban J connectivity index is 1.91. The first-order chi connectivity index (χ1) is 11.6. The number of carbonyl (C=O) groups excluding carboxylic acids is 2. The largest absolute Gasteiger partial charge is 0.507 e. The summed E-state index contributed by atoms with van der Waals surface area (Å²) in [5.41, 5.74) is 1.57. The number of hydrogen-bond donors (Lipinski definition) is 1. The van der Waals surface area contributed by atoms with Crippen molar-refractivity contribution in [1.29, 1.82) is 0 Å². The normalized spacial score (nSPS) is 10.5. The summed E-state index contributed by atoms with van der Waals surface area (Å²) in [6.07, 6.45) is 1.41. The summed E-state index contributed by atoms with van der Waals surface area (Å²) >= 11 is 0. The second-order valence-corrected chi connectivity index (χ2v) is 5.53. The Morgan fingerprint density at radius 1 is 0.917 bits per heavy atom. The quantitative estimate of drug-likeness (QED) is 0.551. The van der Waals surface area contributed by atoms with Crippen molar-refractivity contribution < 1.29 is 14.7 Å². The van der Waals surface area contributed by atoms with Gasteiger partial charge in [0.1, 0.15) is 5.75 Å². The molecule has 0 radical (unpaired) electrons. The first-order valence-electron chi connectivity index (χ1n) is 7.60. The highest BCUT2D eigenvalue weighted by atomic mass is 16.3. The van der Waals surface area contributed by atoms with Crippen molar-refractivity contribution in [3.05, 3.63) is 83.9 Å². The van der Waals surface area contributed by atoms with Crippen molar-refractivity contribution in [2.45, 2.75) is 6.42 Å². The maximum atomic E-state index is 12.6. The molecule has 0 heterocycles. The van der Waals surface area contributed by atoms with Crippen molar-refractivity contribution in [1.82, 2.24) is 0 Å². The molecule has 0 saturated heterocycles. The molecule has 0 aromatic heterocycles. The molecule has 0 amide bonds. The molecule has 0 aliphatic heterocycles. The number of benzene rings is 3. The zero-order valence-corrected chi connectivity index (χ0v) is 13.0. The summed E-state index contributed by atoms with van der Waals surface area (Å²) in [7, 11) is 0. The number of rotatable bonds is 5. The van der Waals surface area contributed by atoms with E-state index in [4.69, 9.17) is 0 Å². The number of fused-ring (bicyclic) bond motifs is 1. The Kier molecular flexibility index (Phi) is 4.25. The lowest BCUT2D eigenvalue weighted by Gasteiger charge is -2.08. The second-order valence-electron chi connectivity index (χ2n) is 5.53. The average Bonchev–Trinajstić information content (AvgIpc) is 2.61. The Morgan fingerprint density at radius 2 is 1.62 bits per heavy atom. The van der Waals surface area contributed by atoms with Gasteiger partial charge in [0.2, 0.25) is 0 Å². The van der Waals surface area contributed by atoms with Gasteiger partial charge in [-0.15, -0.1) is 0 Å². The maximum absolute atomic E-state index is 12.6. The number of Topliss-reactive ketones (excluding diaryl/α,β-unsaturated/α-hetero) is 2. The molecule has 3 aromatic rings. The van der Waals surface area contributed by atoms with E-state index in [-0.39, 0.29) is 29.3 Å². The minimum Gasteiger partial charge on any atom is -0.507 e. The molecule has 24 heavy (non-hydrogen) atoms. The SMILES string of the molecule is C=Cc1ccc(C(=O)CC(=O)c2c(O)ccc3ccccc23)cc1. The van der Waals surface area contributed by atoms with E-state index in [0.717, 1.165) is 10.9 Å². The highest BCUT2D eigenvalue weighted by molar-refractivity contribution is 6.19. The van der Waals surface area contributed by atoms with E-state index in [1.165, 1.54) is 6.07 Å². The predicted molar refractivity (Wildman–Crippen MR) is 95.4 cm³/mol. The summed E-state index contributed by atoms with van der Waals surface area (Å²) in [5, 5.41) is 11.6. The van der Waals surface area contributed by atoms with Crippen LogP contribution in [0.2, 0.25) is 0 Å². The van der Waals surface area contributed by atoms with Gasteiger partial charge in [-0.2, -0.15) is 0 Å². The zero-order valence-electron chi connectivity index (χ0n) is 13.0. The van der Waals surface area contributed by atoms with Crippen LogP contribution in [0.5, 0.6) is 5.75 Å². The van der Waals surface area contributed by atoms with E-state index in [0.29, 0.717) is 10.9 Å². The van der Waals surface area contributed by atoms with Crippen LogP contribution in [0, 0.1) is 0 Å². The predicted octanol–water partition coefficient (Wildman–Crippen LogP) is 4.64. The molecule has 0 aliphatic carbocycles. The van der Waals surface area contributed by atoms with Crippen LogP contribution in [-0.4, -0.2) is 16.7 Å². The number of carbonyl (C=O) groups is 2. The molecule has 0 atom stereocenters. The summed E-state index contributed by atoms with van der Waals surface area (Å²) < 4.78 is 0. The molecule has 3 rings (SSSR count). The summed E-state index contributed by atoms with van der Waals surface area (Å²) in [5.74, 6) is -0.765. The zero-order chi connectivity index (χ0) is 17.1. The lowest BCUT2D eigenvalue weighted by atomic mass is 9.96. The smallest absolute Gasteiger partial charge is 0.174 e. The van der Waals surface area contributed by atoms with Gasteiger partial charge >= 0.3 is 0 Å². The molecule has 0 bridgehead atoms. The van der Waals surface area contributed by atoms with Gasteiger partial charge in [0.25, 0.3) is 0 Å². The van der Waals surface area contributed by atoms with Gasteiger partial charge in [0.15, 0.2) is 11.6 Å². The van der Waals surface area contributed by atoms with E-state index in [1.54, 1.807) is 48.5 Å². The minimum atomic E-state index is -0.387. The number of phenols is 1. The molecule has 3 heteroatoms. The molecule has 3 nitrogen and oxygen atoms in total. The first-order valence-corrected chi connectivity index (χ1v) is 7.60. The van der Waals surface area contributed by atoms with E-state index >= 15 is 0 Å². The highest BCUT2D eigenvalue weighted by Gasteiger charge is 2.19. The molecule has 0 unspecified atom stereocenters. The average molecular weight is 316 g/mol. The fourth-order valence-corrected chi connectivity index (χ4v) is 2.69. The van der Waals surface area contributed by atoms with Crippen molar-refractivity contribution in [3.63, 3.8) is 0 Å². The van der Waals surface area contributed by atoms with Gasteiger partial charge in [-0.05, 0) is 22.4 Å². The van der Waals surface area contributed by atoms with Crippen LogP contribution in [-0.2, 0) is 0 Å². The second kappa shape index (κ2) is 6.50. The van der Waals surface area contributed by atoms with Crippen molar-refractivity contribution in [2.75, 3.05) is 0 Å². The lowest BCUT2D eigenvalue weighted by Crippen LogP contribution is -2.09. The third-order valence-corrected chi connectivity index (χ3v) is 3.98. The summed E-state index contributed by atoms with van der Waals surface area (Å²) in [4.78, 5) is 24.9. The van der Waals surface area contributed by atoms with Crippen molar-refractivity contribution in [3.8, 4) is 5.75 Å². The Hall–Kier alpha value is -3.20. The lowest BCUT2D eigenvalue weighted by molar-refractivity contribution is 0.0894. The van der Waals surface area contributed by atoms with Crippen LogP contribution < -0.4 is 0 Å². The summed E-state index contributed by atoms with van der Waals surface area (Å²) in [6.45, 7) is 3.67. The highest BCUT2D eigenvalue weighted by Crippen LogP contribution is 2.28. The standard InChI is InChI=1S/C21H16O3/c1-2-14-7-9-16(10-8-14)19(23)13-20(24)21-17-6-4-3-5-15(17)11-12-18(21)22/h2-12,22H,1,13H2. The van der Waals surface area contributed by atoms with Crippen LogP contribution >= 0.6 is 0 Å². The van der Waals surface area contributed by atoms with Crippen LogP contribution in [0.15, 0.2) is 67.2 Å². The van der Waals surface area contributed by atoms with Gasteiger partial charge in [-0.1, -0.05) is 67.3 Å². The fraction of sp³-hybridized carbons (Fsp3) is 0.0476. The van der Waals surface area contributed by atoms with Gasteiger partial charge in [-0.25, -0.2) is 0 Å². The van der Waals surface area contributed by atoms with E-state index in [2.05, 4.69) is 6.58 Å². The van der Waals surface area contributed by atoms with Gasteiger partial charge in [0, 0.05) is 5.56 Å². The topological polar surface area (TPSA) is 54.4 Å². The van der Waals surface area contributed by atoms with E-state index in [1.807, 2.05) is 12.1 Å². The molecule has 0 aliphatic rings. The van der Waals surface area contributed by atoms with Crippen molar-refractivity contribution in [2.24, 2.45) is 0 Å². The van der Waals surface area contributed by atoms with Crippen LogP contribution in [0.3, 0.4) is 0 Å². The minimum absolute atomic E-state index is 0.103. The van der Waals surface area contributed by atoms with Crippen molar-refractivity contribution >= 4 is 28.4 Å². The van der Waals surface area contributed by atoms with Crippen LogP contribution in [0.1, 0.15) is 32.7 Å². The van der Waals surface area contributed by atoms with Crippen LogP contribution in [0.4, 0.5) is 0 Å².